The lowest BCUT2D eigenvalue weighted by Gasteiger charge is -2.24. The maximum atomic E-state index is 12.4. The number of carboxylic acids is 1. The van der Waals surface area contributed by atoms with Crippen LogP contribution < -0.4 is 10.6 Å². The van der Waals surface area contributed by atoms with E-state index in [0.717, 1.165) is 5.56 Å². The maximum Gasteiger partial charge on any atom is 0.326 e. The van der Waals surface area contributed by atoms with E-state index in [2.05, 4.69) is 10.6 Å². The quantitative estimate of drug-likeness (QED) is 0.583. The number of hydrogen-bond donors (Lipinski definition) is 3. The Morgan fingerprint density at radius 2 is 1.76 bits per heavy atom. The Kier molecular flexibility index (Phi) is 8.63. The van der Waals surface area contributed by atoms with Gasteiger partial charge in [-0.15, -0.1) is 0 Å². The van der Waals surface area contributed by atoms with Crippen LogP contribution in [0.3, 0.4) is 0 Å². The van der Waals surface area contributed by atoms with Crippen LogP contribution in [0.15, 0.2) is 30.3 Å². The van der Waals surface area contributed by atoms with E-state index in [0.29, 0.717) is 0 Å². The van der Waals surface area contributed by atoms with E-state index >= 15 is 0 Å². The van der Waals surface area contributed by atoms with Crippen molar-refractivity contribution in [3.63, 3.8) is 0 Å². The predicted octanol–water partition coefficient (Wildman–Crippen LogP) is 0.976. The van der Waals surface area contributed by atoms with E-state index in [1.165, 1.54) is 7.11 Å². The zero-order valence-electron chi connectivity index (χ0n) is 14.8. The number of carbonyl (C=O) groups is 3. The number of methoxy groups -OCH3 is 1. The van der Waals surface area contributed by atoms with Crippen LogP contribution in [0.25, 0.3) is 0 Å². The van der Waals surface area contributed by atoms with Crippen LogP contribution in [-0.2, 0) is 25.5 Å². The van der Waals surface area contributed by atoms with Gasteiger partial charge >= 0.3 is 5.97 Å². The number of ether oxygens (including phenoxy) is 1. The van der Waals surface area contributed by atoms with Crippen molar-refractivity contribution in [2.75, 3.05) is 13.7 Å². The van der Waals surface area contributed by atoms with E-state index < -0.39 is 24.0 Å². The molecule has 25 heavy (non-hydrogen) atoms. The molecule has 0 spiro atoms. The molecule has 2 atom stereocenters. The Morgan fingerprint density at radius 3 is 2.28 bits per heavy atom. The third-order valence-electron chi connectivity index (χ3n) is 3.70. The Labute approximate surface area is 147 Å². The normalized spacial score (nSPS) is 13.1. The molecular weight excluding hydrogens is 324 g/mol. The SMILES string of the molecule is COCCC(NC(=O)C(NC(=O)Cc1ccccc1)C(C)C)C(=O)O. The Balaban J connectivity index is 2.69. The lowest BCUT2D eigenvalue weighted by Crippen LogP contribution is -2.54. The first-order chi connectivity index (χ1) is 11.8. The minimum atomic E-state index is -1.14. The van der Waals surface area contributed by atoms with Crippen molar-refractivity contribution in [3.05, 3.63) is 35.9 Å². The monoisotopic (exact) mass is 350 g/mol. The highest BCUT2D eigenvalue weighted by Crippen LogP contribution is 2.06. The van der Waals surface area contributed by atoms with Crippen molar-refractivity contribution in [2.24, 2.45) is 5.92 Å². The van der Waals surface area contributed by atoms with E-state index in [1.807, 2.05) is 30.3 Å². The number of aliphatic carboxylic acids is 1. The smallest absolute Gasteiger partial charge is 0.326 e. The Hall–Kier alpha value is -2.41. The summed E-state index contributed by atoms with van der Waals surface area (Å²) < 4.78 is 4.86. The van der Waals surface area contributed by atoms with Gasteiger partial charge < -0.3 is 20.5 Å². The molecule has 0 saturated carbocycles. The molecule has 0 bridgehead atoms. The van der Waals surface area contributed by atoms with Crippen LogP contribution >= 0.6 is 0 Å². The second kappa shape index (κ2) is 10.5. The number of amides is 2. The molecule has 0 aliphatic carbocycles. The van der Waals surface area contributed by atoms with Gasteiger partial charge in [0.15, 0.2) is 0 Å². The van der Waals surface area contributed by atoms with Crippen molar-refractivity contribution < 1.29 is 24.2 Å². The lowest BCUT2D eigenvalue weighted by atomic mass is 10.0. The van der Waals surface area contributed by atoms with Crippen molar-refractivity contribution in [3.8, 4) is 0 Å². The number of nitrogens with one attached hydrogen (secondary N) is 2. The first kappa shape index (κ1) is 20.6. The van der Waals surface area contributed by atoms with Crippen molar-refractivity contribution >= 4 is 17.8 Å². The molecule has 0 aromatic heterocycles. The largest absolute Gasteiger partial charge is 0.480 e. The summed E-state index contributed by atoms with van der Waals surface area (Å²) in [5.41, 5.74) is 0.839. The average molecular weight is 350 g/mol. The predicted molar refractivity (Wildman–Crippen MR) is 93.0 cm³/mol. The lowest BCUT2D eigenvalue weighted by molar-refractivity contribution is -0.143. The number of benzene rings is 1. The molecule has 7 nitrogen and oxygen atoms in total. The van der Waals surface area contributed by atoms with Gasteiger partial charge in [0, 0.05) is 20.1 Å². The van der Waals surface area contributed by atoms with Crippen molar-refractivity contribution in [2.45, 2.75) is 38.8 Å². The highest BCUT2D eigenvalue weighted by atomic mass is 16.5. The van der Waals surface area contributed by atoms with Crippen LogP contribution in [0.5, 0.6) is 0 Å². The summed E-state index contributed by atoms with van der Waals surface area (Å²) >= 11 is 0. The Bertz CT molecular complexity index is 574. The van der Waals surface area contributed by atoms with Gasteiger partial charge in [0.05, 0.1) is 6.42 Å². The number of carbonyl (C=O) groups excluding carboxylic acids is 2. The van der Waals surface area contributed by atoms with Crippen LogP contribution in [0.1, 0.15) is 25.8 Å². The van der Waals surface area contributed by atoms with Gasteiger partial charge in [-0.1, -0.05) is 44.2 Å². The second-order valence-corrected chi connectivity index (χ2v) is 6.13. The molecule has 0 aliphatic rings. The molecule has 2 unspecified atom stereocenters. The zero-order valence-corrected chi connectivity index (χ0v) is 14.8. The molecular formula is C18H26N2O5. The van der Waals surface area contributed by atoms with Crippen LogP contribution in [0.2, 0.25) is 0 Å². The molecule has 1 aromatic carbocycles. The number of carboxylic acid groups (broad SMARTS) is 1. The van der Waals surface area contributed by atoms with E-state index in [4.69, 9.17) is 4.74 Å². The summed E-state index contributed by atoms with van der Waals surface area (Å²) in [6, 6.07) is 7.33. The first-order valence-corrected chi connectivity index (χ1v) is 8.20. The molecule has 0 fully saturated rings. The van der Waals surface area contributed by atoms with Gasteiger partial charge in [-0.05, 0) is 11.5 Å². The number of rotatable bonds is 10. The topological polar surface area (TPSA) is 105 Å². The number of hydrogen-bond acceptors (Lipinski definition) is 4. The minimum absolute atomic E-state index is 0.153. The molecule has 1 rings (SSSR count). The summed E-state index contributed by atoms with van der Waals surface area (Å²) in [6.07, 6.45) is 0.309. The molecule has 0 radical (unpaired) electrons. The molecule has 3 N–H and O–H groups in total. The van der Waals surface area contributed by atoms with Crippen molar-refractivity contribution in [1.82, 2.24) is 10.6 Å². The zero-order chi connectivity index (χ0) is 18.8. The van der Waals surface area contributed by atoms with Gasteiger partial charge in [0.25, 0.3) is 0 Å². The molecule has 0 heterocycles. The third kappa shape index (κ3) is 7.34. The molecule has 0 saturated heterocycles. The molecule has 138 valence electrons. The maximum absolute atomic E-state index is 12.4. The fourth-order valence-corrected chi connectivity index (χ4v) is 2.30. The molecule has 7 heteroatoms. The summed E-state index contributed by atoms with van der Waals surface area (Å²) in [4.78, 5) is 35.9. The van der Waals surface area contributed by atoms with E-state index in [1.54, 1.807) is 13.8 Å². The third-order valence-corrected chi connectivity index (χ3v) is 3.70. The van der Waals surface area contributed by atoms with Gasteiger partial charge in [-0.3, -0.25) is 9.59 Å². The Morgan fingerprint density at radius 1 is 1.12 bits per heavy atom. The van der Waals surface area contributed by atoms with E-state index in [9.17, 15) is 19.5 Å². The fraction of sp³-hybridized carbons (Fsp3) is 0.500. The highest BCUT2D eigenvalue weighted by molar-refractivity contribution is 5.91. The van der Waals surface area contributed by atoms with Gasteiger partial charge in [0.1, 0.15) is 12.1 Å². The average Bonchev–Trinajstić information content (AvgIpc) is 2.56. The standard InChI is InChI=1S/C18H26N2O5/c1-12(2)16(17(22)19-14(18(23)24)9-10-25-3)20-15(21)11-13-7-5-4-6-8-13/h4-8,12,14,16H,9-11H2,1-3H3,(H,19,22)(H,20,21)(H,23,24). The molecule has 2 amide bonds. The summed E-state index contributed by atoms with van der Waals surface area (Å²) in [5.74, 6) is -2.12. The second-order valence-electron chi connectivity index (χ2n) is 6.13. The molecule has 0 aliphatic heterocycles. The molecule has 1 aromatic rings. The van der Waals surface area contributed by atoms with Crippen LogP contribution in [0, 0.1) is 5.92 Å². The van der Waals surface area contributed by atoms with Gasteiger partial charge in [-0.25, -0.2) is 4.79 Å². The summed E-state index contributed by atoms with van der Waals surface area (Å²) in [5, 5.41) is 14.3. The van der Waals surface area contributed by atoms with Gasteiger partial charge in [0.2, 0.25) is 11.8 Å². The summed E-state index contributed by atoms with van der Waals surface area (Å²) in [7, 11) is 1.46. The van der Waals surface area contributed by atoms with Crippen LogP contribution in [0.4, 0.5) is 0 Å². The fourth-order valence-electron chi connectivity index (χ4n) is 2.30. The first-order valence-electron chi connectivity index (χ1n) is 8.20. The highest BCUT2D eigenvalue weighted by Gasteiger charge is 2.28. The van der Waals surface area contributed by atoms with Gasteiger partial charge in [-0.2, -0.15) is 0 Å². The van der Waals surface area contributed by atoms with E-state index in [-0.39, 0.29) is 31.3 Å². The summed E-state index contributed by atoms with van der Waals surface area (Å²) in [6.45, 7) is 3.79. The minimum Gasteiger partial charge on any atom is -0.480 e. The van der Waals surface area contributed by atoms with Crippen molar-refractivity contribution in [1.29, 1.82) is 0 Å². The van der Waals surface area contributed by atoms with Crippen LogP contribution in [-0.4, -0.2) is 48.7 Å².